The highest BCUT2D eigenvalue weighted by Gasteiger charge is 2.22. The van der Waals surface area contributed by atoms with Crippen LogP contribution in [0, 0.1) is 0 Å². The summed E-state index contributed by atoms with van der Waals surface area (Å²) in [5.74, 6) is -0.949. The Morgan fingerprint density at radius 3 is 2.50 bits per heavy atom. The summed E-state index contributed by atoms with van der Waals surface area (Å²) in [5, 5.41) is 2.32. The average molecular weight is 356 g/mol. The smallest absolute Gasteiger partial charge is 0.331 e. The van der Waals surface area contributed by atoms with Crippen molar-refractivity contribution in [1.82, 2.24) is 9.62 Å². The van der Waals surface area contributed by atoms with Gasteiger partial charge in [-0.25, -0.2) is 17.5 Å². The highest BCUT2D eigenvalue weighted by Crippen LogP contribution is 2.27. The number of hydrogen-bond acceptors (Lipinski definition) is 6. The predicted octanol–water partition coefficient (Wildman–Crippen LogP) is 0.248. The van der Waals surface area contributed by atoms with Gasteiger partial charge in [-0.15, -0.1) is 0 Å². The lowest BCUT2D eigenvalue weighted by molar-refractivity contribution is -0.143. The summed E-state index contributed by atoms with van der Waals surface area (Å²) in [6, 6.07) is 4.47. The van der Waals surface area contributed by atoms with Crippen LogP contribution in [0.3, 0.4) is 0 Å². The van der Waals surface area contributed by atoms with E-state index in [4.69, 9.17) is 9.47 Å². The number of carbonyl (C=O) groups excluding carboxylic acids is 2. The number of ether oxygens (including phenoxy) is 2. The molecule has 0 spiro atoms. The maximum atomic E-state index is 12.3. The van der Waals surface area contributed by atoms with Crippen molar-refractivity contribution in [2.45, 2.75) is 4.90 Å². The quantitative estimate of drug-likeness (QED) is 0.555. The van der Waals surface area contributed by atoms with Gasteiger partial charge < -0.3 is 14.8 Å². The van der Waals surface area contributed by atoms with Gasteiger partial charge in [-0.2, -0.15) is 0 Å². The van der Waals surface area contributed by atoms with Gasteiger partial charge in [-0.1, -0.05) is 6.07 Å². The molecule has 1 amide bonds. The van der Waals surface area contributed by atoms with E-state index in [0.29, 0.717) is 5.56 Å². The molecule has 1 N–H and O–H groups in total. The first kappa shape index (κ1) is 19.7. The van der Waals surface area contributed by atoms with Crippen LogP contribution in [0.4, 0.5) is 0 Å². The van der Waals surface area contributed by atoms with E-state index in [2.05, 4.69) is 5.32 Å². The number of nitrogens with one attached hydrogen (secondary N) is 1. The first-order chi connectivity index (χ1) is 11.2. The van der Waals surface area contributed by atoms with E-state index in [0.717, 1.165) is 10.4 Å². The highest BCUT2D eigenvalue weighted by atomic mass is 32.2. The number of esters is 1. The zero-order chi connectivity index (χ0) is 18.3. The van der Waals surface area contributed by atoms with Crippen LogP contribution in [-0.2, 0) is 24.3 Å². The average Bonchev–Trinajstić information content (AvgIpc) is 2.57. The molecule has 1 aromatic rings. The molecule has 1 aromatic carbocycles. The van der Waals surface area contributed by atoms with Crippen molar-refractivity contribution in [2.75, 3.05) is 34.9 Å². The van der Waals surface area contributed by atoms with Crippen molar-refractivity contribution in [3.05, 3.63) is 29.8 Å². The van der Waals surface area contributed by atoms with E-state index in [1.54, 1.807) is 6.07 Å². The predicted molar refractivity (Wildman–Crippen MR) is 87.9 cm³/mol. The van der Waals surface area contributed by atoms with Crippen molar-refractivity contribution in [2.24, 2.45) is 0 Å². The second-order valence-corrected chi connectivity index (χ2v) is 6.93. The molecule has 132 valence electrons. The Hall–Kier alpha value is -2.39. The summed E-state index contributed by atoms with van der Waals surface area (Å²) in [4.78, 5) is 22.5. The van der Waals surface area contributed by atoms with Crippen molar-refractivity contribution >= 4 is 28.0 Å². The van der Waals surface area contributed by atoms with Crippen molar-refractivity contribution in [3.63, 3.8) is 0 Å². The van der Waals surface area contributed by atoms with Crippen LogP contribution in [0.15, 0.2) is 29.2 Å². The fraction of sp³-hybridized carbons (Fsp3) is 0.333. The van der Waals surface area contributed by atoms with Gasteiger partial charge in [0.05, 0.1) is 7.11 Å². The van der Waals surface area contributed by atoms with Gasteiger partial charge in [-0.05, 0) is 23.8 Å². The van der Waals surface area contributed by atoms with Gasteiger partial charge in [0, 0.05) is 27.2 Å². The van der Waals surface area contributed by atoms with Crippen LogP contribution in [0.2, 0.25) is 0 Å². The molecule has 0 fully saturated rings. The molecule has 0 saturated carbocycles. The molecule has 1 rings (SSSR count). The molecule has 0 aliphatic heterocycles. The molecule has 0 radical (unpaired) electrons. The molecule has 0 atom stereocenters. The van der Waals surface area contributed by atoms with Gasteiger partial charge in [0.15, 0.2) is 6.61 Å². The van der Waals surface area contributed by atoms with Crippen molar-refractivity contribution in [3.8, 4) is 5.75 Å². The lowest BCUT2D eigenvalue weighted by Crippen LogP contribution is -2.24. The molecule has 0 aromatic heterocycles. The van der Waals surface area contributed by atoms with Gasteiger partial charge in [-0.3, -0.25) is 4.79 Å². The summed E-state index contributed by atoms with van der Waals surface area (Å²) >= 11 is 0. The number of nitrogens with zero attached hydrogens (tertiary/aromatic N) is 1. The Morgan fingerprint density at radius 1 is 1.29 bits per heavy atom. The third-order valence-corrected chi connectivity index (χ3v) is 4.82. The number of rotatable bonds is 7. The van der Waals surface area contributed by atoms with Crippen LogP contribution in [0.25, 0.3) is 6.08 Å². The second kappa shape index (κ2) is 8.46. The molecule has 0 heterocycles. The summed E-state index contributed by atoms with van der Waals surface area (Å²) in [6.45, 7) is -0.386. The molecule has 0 bridgehead atoms. The molecule has 9 heteroatoms. The Morgan fingerprint density at radius 2 is 1.96 bits per heavy atom. The third-order valence-electron chi connectivity index (χ3n) is 2.98. The number of hydrogen-bond donors (Lipinski definition) is 1. The number of amides is 1. The second-order valence-electron chi connectivity index (χ2n) is 4.81. The number of carbonyl (C=O) groups is 2. The minimum Gasteiger partial charge on any atom is -0.495 e. The zero-order valence-electron chi connectivity index (χ0n) is 13.9. The molecule has 8 nitrogen and oxygen atoms in total. The molecule has 0 aliphatic rings. The van der Waals surface area contributed by atoms with Crippen LogP contribution in [-0.4, -0.2) is 59.5 Å². The Labute approximate surface area is 141 Å². The summed E-state index contributed by atoms with van der Waals surface area (Å²) in [6.07, 6.45) is 2.50. The minimum atomic E-state index is -3.70. The number of benzene rings is 1. The van der Waals surface area contributed by atoms with Crippen molar-refractivity contribution < 1.29 is 27.5 Å². The van der Waals surface area contributed by atoms with Crippen LogP contribution in [0.5, 0.6) is 5.75 Å². The van der Waals surface area contributed by atoms with Crippen LogP contribution < -0.4 is 10.1 Å². The molecular weight excluding hydrogens is 336 g/mol. The Bertz CT molecular complexity index is 740. The summed E-state index contributed by atoms with van der Waals surface area (Å²) in [7, 11) is 1.92. The number of methoxy groups -OCH3 is 1. The fourth-order valence-electron chi connectivity index (χ4n) is 1.62. The van der Waals surface area contributed by atoms with Crippen LogP contribution in [0.1, 0.15) is 5.56 Å². The topological polar surface area (TPSA) is 102 Å². The summed E-state index contributed by atoms with van der Waals surface area (Å²) in [5.41, 5.74) is 0.466. The Kier molecular flexibility index (Phi) is 6.93. The molecule has 0 saturated heterocycles. The van der Waals surface area contributed by atoms with Gasteiger partial charge in [0.2, 0.25) is 10.0 Å². The highest BCUT2D eigenvalue weighted by molar-refractivity contribution is 7.89. The van der Waals surface area contributed by atoms with E-state index in [1.807, 2.05) is 0 Å². The lowest BCUT2D eigenvalue weighted by Gasteiger charge is -2.14. The number of sulfonamides is 1. The first-order valence-electron chi connectivity index (χ1n) is 6.88. The van der Waals surface area contributed by atoms with E-state index < -0.39 is 21.9 Å². The van der Waals surface area contributed by atoms with Crippen molar-refractivity contribution in [1.29, 1.82) is 0 Å². The molecule has 24 heavy (non-hydrogen) atoms. The van der Waals surface area contributed by atoms with Crippen LogP contribution >= 0.6 is 0 Å². The Balaban J connectivity index is 3.00. The van der Waals surface area contributed by atoms with E-state index >= 15 is 0 Å². The molecule has 0 unspecified atom stereocenters. The lowest BCUT2D eigenvalue weighted by atomic mass is 10.2. The zero-order valence-corrected chi connectivity index (χ0v) is 14.7. The maximum absolute atomic E-state index is 12.3. The fourth-order valence-corrected chi connectivity index (χ4v) is 2.70. The number of likely N-dealkylation sites (N-methyl/N-ethyl adjacent to an activating group) is 1. The standard InChI is InChI=1S/C15H20N2O6S/c1-16-14(18)10-23-15(19)8-6-11-5-7-12(22-4)13(9-11)24(20,21)17(2)3/h5-9H,10H2,1-4H3,(H,16,18)/b8-6+. The van der Waals surface area contributed by atoms with Gasteiger partial charge in [0.25, 0.3) is 5.91 Å². The maximum Gasteiger partial charge on any atom is 0.331 e. The van der Waals surface area contributed by atoms with E-state index in [9.17, 15) is 18.0 Å². The van der Waals surface area contributed by atoms with E-state index in [1.165, 1.54) is 46.5 Å². The van der Waals surface area contributed by atoms with Gasteiger partial charge >= 0.3 is 5.97 Å². The molecular formula is C15H20N2O6S. The van der Waals surface area contributed by atoms with E-state index in [-0.39, 0.29) is 17.3 Å². The normalized spacial score (nSPS) is 11.5. The minimum absolute atomic E-state index is 0.0177. The van der Waals surface area contributed by atoms with Gasteiger partial charge in [0.1, 0.15) is 10.6 Å². The first-order valence-corrected chi connectivity index (χ1v) is 8.32. The largest absolute Gasteiger partial charge is 0.495 e. The third kappa shape index (κ3) is 5.07. The monoisotopic (exact) mass is 356 g/mol. The molecule has 0 aliphatic carbocycles. The SMILES string of the molecule is CNC(=O)COC(=O)/C=C/c1ccc(OC)c(S(=O)(=O)N(C)C)c1. The summed E-state index contributed by atoms with van der Waals surface area (Å²) < 4.78 is 35.4.